The number of hydrogen-bond acceptors (Lipinski definition) is 2. The van der Waals surface area contributed by atoms with E-state index in [0.29, 0.717) is 8.72 Å². The summed E-state index contributed by atoms with van der Waals surface area (Å²) in [6.45, 7) is 0.768. The van der Waals surface area contributed by atoms with Gasteiger partial charge in [-0.3, -0.25) is 9.36 Å². The molecule has 0 N–H and O–H groups in total. The fourth-order valence-corrected chi connectivity index (χ4v) is 2.28. The van der Waals surface area contributed by atoms with Gasteiger partial charge in [0, 0.05) is 6.54 Å². The van der Waals surface area contributed by atoms with Crippen LogP contribution in [0.4, 0.5) is 0 Å². The number of aryl methyl sites for hydroxylation is 1. The Morgan fingerprint density at radius 3 is 2.93 bits per heavy atom. The molecular formula is C10H12ClIN2O. The first kappa shape index (κ1) is 11.4. The van der Waals surface area contributed by atoms with Gasteiger partial charge in [0.05, 0.1) is 6.33 Å². The van der Waals surface area contributed by atoms with Gasteiger partial charge in [-0.1, -0.05) is 30.9 Å². The Morgan fingerprint density at radius 2 is 2.33 bits per heavy atom. The maximum atomic E-state index is 11.7. The van der Waals surface area contributed by atoms with E-state index in [1.807, 2.05) is 22.6 Å². The summed E-state index contributed by atoms with van der Waals surface area (Å²) in [7, 11) is 0. The van der Waals surface area contributed by atoms with Crippen LogP contribution < -0.4 is 5.56 Å². The average Bonchev–Trinajstić information content (AvgIpc) is 2.15. The molecule has 0 aromatic carbocycles. The van der Waals surface area contributed by atoms with Crippen molar-refractivity contribution < 1.29 is 0 Å². The number of aromatic nitrogens is 2. The first-order chi connectivity index (χ1) is 7.18. The second-order valence-electron chi connectivity index (χ2n) is 3.93. The molecule has 1 aromatic heterocycles. The van der Waals surface area contributed by atoms with Crippen LogP contribution in [0.2, 0.25) is 5.15 Å². The van der Waals surface area contributed by atoms with E-state index in [4.69, 9.17) is 11.6 Å². The topological polar surface area (TPSA) is 34.9 Å². The zero-order valence-electron chi connectivity index (χ0n) is 8.25. The predicted octanol–water partition coefficient (Wildman–Crippen LogP) is 2.69. The van der Waals surface area contributed by atoms with Crippen molar-refractivity contribution in [3.8, 4) is 0 Å². The Morgan fingerprint density at radius 1 is 1.60 bits per heavy atom. The third kappa shape index (κ3) is 2.53. The fraction of sp³-hybridized carbons (Fsp3) is 0.600. The van der Waals surface area contributed by atoms with Gasteiger partial charge < -0.3 is 0 Å². The molecule has 1 aliphatic rings. The molecule has 1 fully saturated rings. The van der Waals surface area contributed by atoms with Crippen molar-refractivity contribution in [3.63, 3.8) is 0 Å². The van der Waals surface area contributed by atoms with Crippen LogP contribution in [0.3, 0.4) is 0 Å². The fourth-order valence-electron chi connectivity index (χ4n) is 1.71. The van der Waals surface area contributed by atoms with Gasteiger partial charge in [-0.25, -0.2) is 4.98 Å². The highest BCUT2D eigenvalue weighted by molar-refractivity contribution is 14.1. The standard InChI is InChI=1S/C10H12ClIN2O/c11-9-8(12)10(15)14(6-13-9)5-4-7-2-1-3-7/h6-7H,1-5H2. The molecule has 82 valence electrons. The van der Waals surface area contributed by atoms with Crippen LogP contribution in [0, 0.1) is 9.49 Å². The van der Waals surface area contributed by atoms with Gasteiger partial charge >= 0.3 is 0 Å². The number of halogens is 2. The number of rotatable bonds is 3. The van der Waals surface area contributed by atoms with Gasteiger partial charge in [0.15, 0.2) is 0 Å². The van der Waals surface area contributed by atoms with E-state index >= 15 is 0 Å². The lowest BCUT2D eigenvalue weighted by atomic mass is 9.83. The van der Waals surface area contributed by atoms with E-state index < -0.39 is 0 Å². The van der Waals surface area contributed by atoms with Crippen molar-refractivity contribution in [1.82, 2.24) is 9.55 Å². The monoisotopic (exact) mass is 338 g/mol. The van der Waals surface area contributed by atoms with Gasteiger partial charge in [0.1, 0.15) is 8.72 Å². The molecule has 5 heteroatoms. The summed E-state index contributed by atoms with van der Waals surface area (Å²) in [6.07, 6.45) is 6.60. The second kappa shape index (κ2) is 4.82. The number of nitrogens with zero attached hydrogens (tertiary/aromatic N) is 2. The molecule has 0 atom stereocenters. The SMILES string of the molecule is O=c1c(I)c(Cl)ncn1CCC1CCC1. The molecule has 1 aromatic rings. The molecular weight excluding hydrogens is 326 g/mol. The van der Waals surface area contributed by atoms with E-state index in [0.717, 1.165) is 18.9 Å². The molecule has 0 spiro atoms. The van der Waals surface area contributed by atoms with Gasteiger partial charge in [-0.15, -0.1) is 0 Å². The molecule has 1 aliphatic carbocycles. The molecule has 0 amide bonds. The van der Waals surface area contributed by atoms with Crippen LogP contribution in [-0.2, 0) is 6.54 Å². The van der Waals surface area contributed by atoms with E-state index in [-0.39, 0.29) is 5.56 Å². The van der Waals surface area contributed by atoms with Crippen LogP contribution in [0.25, 0.3) is 0 Å². The molecule has 1 heterocycles. The summed E-state index contributed by atoms with van der Waals surface area (Å²) in [6, 6.07) is 0. The largest absolute Gasteiger partial charge is 0.298 e. The second-order valence-corrected chi connectivity index (χ2v) is 5.37. The normalized spacial score (nSPS) is 16.4. The van der Waals surface area contributed by atoms with Crippen LogP contribution in [0.1, 0.15) is 25.7 Å². The van der Waals surface area contributed by atoms with Gasteiger partial charge in [0.25, 0.3) is 5.56 Å². The highest BCUT2D eigenvalue weighted by Crippen LogP contribution is 2.29. The number of hydrogen-bond donors (Lipinski definition) is 0. The molecule has 3 nitrogen and oxygen atoms in total. The lowest BCUT2D eigenvalue weighted by molar-refractivity contribution is 0.280. The summed E-state index contributed by atoms with van der Waals surface area (Å²) >= 11 is 7.70. The summed E-state index contributed by atoms with van der Waals surface area (Å²) in [5.74, 6) is 0.810. The Labute approximate surface area is 107 Å². The Hall–Kier alpha value is -0.100. The molecule has 0 unspecified atom stereocenters. The minimum atomic E-state index is -0.0186. The van der Waals surface area contributed by atoms with Crippen molar-refractivity contribution in [3.05, 3.63) is 25.4 Å². The highest BCUT2D eigenvalue weighted by Gasteiger charge is 2.17. The minimum Gasteiger partial charge on any atom is -0.298 e. The van der Waals surface area contributed by atoms with Crippen LogP contribution in [-0.4, -0.2) is 9.55 Å². The van der Waals surface area contributed by atoms with Gasteiger partial charge in [0.2, 0.25) is 0 Å². The van der Waals surface area contributed by atoms with E-state index in [1.165, 1.54) is 19.3 Å². The molecule has 0 bridgehead atoms. The molecule has 2 rings (SSSR count). The predicted molar refractivity (Wildman–Crippen MR) is 68.2 cm³/mol. The van der Waals surface area contributed by atoms with E-state index in [9.17, 15) is 4.79 Å². The van der Waals surface area contributed by atoms with E-state index in [1.54, 1.807) is 10.9 Å². The molecule has 15 heavy (non-hydrogen) atoms. The zero-order valence-corrected chi connectivity index (χ0v) is 11.2. The van der Waals surface area contributed by atoms with E-state index in [2.05, 4.69) is 4.98 Å². The quantitative estimate of drug-likeness (QED) is 0.627. The molecule has 0 aliphatic heterocycles. The molecule has 0 radical (unpaired) electrons. The maximum Gasteiger partial charge on any atom is 0.268 e. The minimum absolute atomic E-state index is 0.0186. The summed E-state index contributed by atoms with van der Waals surface area (Å²) < 4.78 is 2.18. The van der Waals surface area contributed by atoms with Crippen LogP contribution in [0.5, 0.6) is 0 Å². The van der Waals surface area contributed by atoms with Crippen molar-refractivity contribution in [2.75, 3.05) is 0 Å². The lowest BCUT2D eigenvalue weighted by Gasteiger charge is -2.25. The first-order valence-corrected chi connectivity index (χ1v) is 6.54. The van der Waals surface area contributed by atoms with Gasteiger partial charge in [-0.2, -0.15) is 0 Å². The summed E-state index contributed by atoms with van der Waals surface area (Å²) in [5.41, 5.74) is -0.0186. The summed E-state index contributed by atoms with van der Waals surface area (Å²) in [5, 5.41) is 0.306. The van der Waals surface area contributed by atoms with Crippen molar-refractivity contribution in [2.45, 2.75) is 32.2 Å². The average molecular weight is 339 g/mol. The Balaban J connectivity index is 2.07. The third-order valence-electron chi connectivity index (χ3n) is 2.94. The zero-order chi connectivity index (χ0) is 10.8. The Kier molecular flexibility index (Phi) is 3.66. The van der Waals surface area contributed by atoms with Crippen molar-refractivity contribution in [2.24, 2.45) is 5.92 Å². The summed E-state index contributed by atoms with van der Waals surface area (Å²) in [4.78, 5) is 15.7. The van der Waals surface area contributed by atoms with Crippen LogP contribution in [0.15, 0.2) is 11.1 Å². The lowest BCUT2D eigenvalue weighted by Crippen LogP contribution is -2.25. The maximum absolute atomic E-state index is 11.7. The van der Waals surface area contributed by atoms with Gasteiger partial charge in [-0.05, 0) is 34.9 Å². The molecule has 0 saturated heterocycles. The first-order valence-electron chi connectivity index (χ1n) is 5.09. The third-order valence-corrected chi connectivity index (χ3v) is 4.52. The van der Waals surface area contributed by atoms with Crippen LogP contribution >= 0.6 is 34.2 Å². The van der Waals surface area contributed by atoms with Crippen molar-refractivity contribution in [1.29, 1.82) is 0 Å². The molecule has 1 saturated carbocycles. The van der Waals surface area contributed by atoms with Crippen molar-refractivity contribution >= 4 is 34.2 Å². The smallest absolute Gasteiger partial charge is 0.268 e. The Bertz CT molecular complexity index is 414. The highest BCUT2D eigenvalue weighted by atomic mass is 127.